The van der Waals surface area contributed by atoms with Gasteiger partial charge in [0, 0.05) is 5.41 Å². The normalized spacial score (nSPS) is 21.2. The highest BCUT2D eigenvalue weighted by Gasteiger charge is 2.42. The molecule has 5 heteroatoms. The van der Waals surface area contributed by atoms with Gasteiger partial charge in [0.1, 0.15) is 0 Å². The summed E-state index contributed by atoms with van der Waals surface area (Å²) in [5.74, 6) is 0. The quantitative estimate of drug-likeness (QED) is 0.903. The van der Waals surface area contributed by atoms with Gasteiger partial charge in [-0.2, -0.15) is 0 Å². The molecule has 1 unspecified atom stereocenters. The van der Waals surface area contributed by atoms with Gasteiger partial charge >= 0.3 is 0 Å². The second-order valence-electron chi connectivity index (χ2n) is 5.44. The number of fused-ring (bicyclic) bond motifs is 1. The van der Waals surface area contributed by atoms with Gasteiger partial charge in [-0.05, 0) is 35.6 Å². The van der Waals surface area contributed by atoms with Gasteiger partial charge in [-0.1, -0.05) is 42.5 Å². The van der Waals surface area contributed by atoms with Crippen LogP contribution in [0.5, 0.6) is 0 Å². The molecule has 0 aromatic heterocycles. The maximum atomic E-state index is 11.9. The molecule has 0 spiro atoms. The lowest BCUT2D eigenvalue weighted by atomic mass is 9.76. The predicted octanol–water partition coefficient (Wildman–Crippen LogP) is 1.56. The standard InChI is InChI=1S/C16H17NO3S/c17-21(19,20)15-8-4-3-7-14(15)16(11-18)10-9-12-5-1-2-6-13(12)16/h1-8,18H,9-11H2,(H2,17,19,20). The Morgan fingerprint density at radius 2 is 1.67 bits per heavy atom. The molecule has 2 aromatic rings. The van der Waals surface area contributed by atoms with Gasteiger partial charge in [0.15, 0.2) is 0 Å². The SMILES string of the molecule is NS(=O)(=O)c1ccccc1C1(CO)CCc2ccccc21. The van der Waals surface area contributed by atoms with Crippen LogP contribution in [-0.2, 0) is 21.9 Å². The van der Waals surface area contributed by atoms with Gasteiger partial charge < -0.3 is 5.11 Å². The zero-order chi connectivity index (χ0) is 15.1. The van der Waals surface area contributed by atoms with Crippen LogP contribution >= 0.6 is 0 Å². The number of rotatable bonds is 3. The van der Waals surface area contributed by atoms with E-state index in [-0.39, 0.29) is 11.5 Å². The largest absolute Gasteiger partial charge is 0.395 e. The summed E-state index contributed by atoms with van der Waals surface area (Å²) in [7, 11) is -3.83. The van der Waals surface area contributed by atoms with Crippen LogP contribution < -0.4 is 5.14 Å². The number of aryl methyl sites for hydroxylation is 1. The fourth-order valence-corrected chi connectivity index (χ4v) is 4.17. The third-order valence-corrected chi connectivity index (χ3v) is 5.30. The first kappa shape index (κ1) is 14.3. The van der Waals surface area contributed by atoms with E-state index in [1.807, 2.05) is 24.3 Å². The van der Waals surface area contributed by atoms with Crippen LogP contribution in [0.2, 0.25) is 0 Å². The molecule has 0 aliphatic heterocycles. The maximum absolute atomic E-state index is 11.9. The zero-order valence-corrected chi connectivity index (χ0v) is 12.3. The van der Waals surface area contributed by atoms with Crippen molar-refractivity contribution in [3.8, 4) is 0 Å². The molecule has 110 valence electrons. The summed E-state index contributed by atoms with van der Waals surface area (Å²) in [6.07, 6.45) is 1.49. The Morgan fingerprint density at radius 3 is 2.33 bits per heavy atom. The summed E-state index contributed by atoms with van der Waals surface area (Å²) < 4.78 is 23.8. The molecule has 2 aromatic carbocycles. The molecule has 0 saturated carbocycles. The molecule has 3 rings (SSSR count). The van der Waals surface area contributed by atoms with Crippen molar-refractivity contribution in [1.29, 1.82) is 0 Å². The van der Waals surface area contributed by atoms with Crippen molar-refractivity contribution in [2.24, 2.45) is 5.14 Å². The first-order valence-electron chi connectivity index (χ1n) is 6.80. The predicted molar refractivity (Wildman–Crippen MR) is 80.4 cm³/mol. The average Bonchev–Trinajstić information content (AvgIpc) is 2.86. The summed E-state index contributed by atoms with van der Waals surface area (Å²) in [6.45, 7) is -0.142. The molecule has 1 atom stereocenters. The van der Waals surface area contributed by atoms with Gasteiger partial charge in [0.2, 0.25) is 10.0 Å². The third kappa shape index (κ3) is 2.18. The number of nitrogens with two attached hydrogens (primary N) is 1. The molecule has 3 N–H and O–H groups in total. The Kier molecular flexibility index (Phi) is 3.36. The highest BCUT2D eigenvalue weighted by atomic mass is 32.2. The number of hydrogen-bond donors (Lipinski definition) is 2. The van der Waals surface area contributed by atoms with E-state index in [4.69, 9.17) is 5.14 Å². The lowest BCUT2D eigenvalue weighted by Crippen LogP contribution is -2.32. The molecule has 0 fully saturated rings. The maximum Gasteiger partial charge on any atom is 0.238 e. The molecule has 0 heterocycles. The monoisotopic (exact) mass is 303 g/mol. The minimum absolute atomic E-state index is 0.0933. The average molecular weight is 303 g/mol. The van der Waals surface area contributed by atoms with Gasteiger partial charge in [0.05, 0.1) is 11.5 Å². The van der Waals surface area contributed by atoms with Crippen molar-refractivity contribution in [2.75, 3.05) is 6.61 Å². The van der Waals surface area contributed by atoms with Crippen LogP contribution in [0.3, 0.4) is 0 Å². The number of sulfonamides is 1. The van der Waals surface area contributed by atoms with Crippen molar-refractivity contribution >= 4 is 10.0 Å². The molecule has 0 saturated heterocycles. The van der Waals surface area contributed by atoms with Crippen molar-refractivity contribution in [2.45, 2.75) is 23.2 Å². The van der Waals surface area contributed by atoms with E-state index in [0.717, 1.165) is 17.5 Å². The van der Waals surface area contributed by atoms with Crippen molar-refractivity contribution in [1.82, 2.24) is 0 Å². The molecule has 0 bridgehead atoms. The molecule has 0 radical (unpaired) electrons. The van der Waals surface area contributed by atoms with E-state index in [1.54, 1.807) is 18.2 Å². The summed E-state index contributed by atoms with van der Waals surface area (Å²) in [5.41, 5.74) is 2.03. The first-order chi connectivity index (χ1) is 9.99. The van der Waals surface area contributed by atoms with Crippen molar-refractivity contribution in [3.05, 3.63) is 65.2 Å². The van der Waals surface area contributed by atoms with E-state index in [9.17, 15) is 13.5 Å². The van der Waals surface area contributed by atoms with E-state index >= 15 is 0 Å². The fourth-order valence-electron chi connectivity index (χ4n) is 3.33. The Balaban J connectivity index is 2.29. The molecule has 1 aliphatic rings. The van der Waals surface area contributed by atoms with Crippen LogP contribution in [0.25, 0.3) is 0 Å². The van der Waals surface area contributed by atoms with E-state index < -0.39 is 15.4 Å². The third-order valence-electron chi connectivity index (χ3n) is 4.33. The molecule has 4 nitrogen and oxygen atoms in total. The van der Waals surface area contributed by atoms with Crippen LogP contribution in [0.1, 0.15) is 23.1 Å². The number of aliphatic hydroxyl groups excluding tert-OH is 1. The Bertz CT molecular complexity index is 786. The topological polar surface area (TPSA) is 80.4 Å². The minimum atomic E-state index is -3.83. The molecule has 0 amide bonds. The van der Waals surface area contributed by atoms with E-state index in [0.29, 0.717) is 12.0 Å². The smallest absolute Gasteiger partial charge is 0.238 e. The van der Waals surface area contributed by atoms with Crippen molar-refractivity contribution in [3.63, 3.8) is 0 Å². The molecule has 1 aliphatic carbocycles. The van der Waals surface area contributed by atoms with E-state index in [2.05, 4.69) is 0 Å². The van der Waals surface area contributed by atoms with Gasteiger partial charge in [-0.25, -0.2) is 13.6 Å². The highest BCUT2D eigenvalue weighted by Crippen LogP contribution is 2.45. The molecular weight excluding hydrogens is 286 g/mol. The second kappa shape index (κ2) is 4.94. The Labute approximate surface area is 124 Å². The summed E-state index contributed by atoms with van der Waals surface area (Å²) in [4.78, 5) is 0.0933. The summed E-state index contributed by atoms with van der Waals surface area (Å²) >= 11 is 0. The van der Waals surface area contributed by atoms with Gasteiger partial charge in [0.25, 0.3) is 0 Å². The Hall–Kier alpha value is -1.69. The summed E-state index contributed by atoms with van der Waals surface area (Å²) in [6, 6.07) is 14.5. The number of primary sulfonamides is 1. The minimum Gasteiger partial charge on any atom is -0.395 e. The lowest BCUT2D eigenvalue weighted by Gasteiger charge is -2.30. The van der Waals surface area contributed by atoms with Gasteiger partial charge in [-0.15, -0.1) is 0 Å². The van der Waals surface area contributed by atoms with Crippen LogP contribution in [0.15, 0.2) is 53.4 Å². The molecular formula is C16H17NO3S. The van der Waals surface area contributed by atoms with Gasteiger partial charge in [-0.3, -0.25) is 0 Å². The molecule has 21 heavy (non-hydrogen) atoms. The lowest BCUT2D eigenvalue weighted by molar-refractivity contribution is 0.217. The van der Waals surface area contributed by atoms with Crippen LogP contribution in [0, 0.1) is 0 Å². The number of hydrogen-bond acceptors (Lipinski definition) is 3. The number of aliphatic hydroxyl groups is 1. The summed E-state index contributed by atoms with van der Waals surface area (Å²) in [5, 5.41) is 15.4. The first-order valence-corrected chi connectivity index (χ1v) is 8.35. The van der Waals surface area contributed by atoms with Crippen LogP contribution in [-0.4, -0.2) is 20.1 Å². The second-order valence-corrected chi connectivity index (χ2v) is 6.97. The van der Waals surface area contributed by atoms with Crippen LogP contribution in [0.4, 0.5) is 0 Å². The zero-order valence-electron chi connectivity index (χ0n) is 11.5. The number of benzene rings is 2. The van der Waals surface area contributed by atoms with E-state index in [1.165, 1.54) is 6.07 Å². The van der Waals surface area contributed by atoms with Crippen molar-refractivity contribution < 1.29 is 13.5 Å². The fraction of sp³-hybridized carbons (Fsp3) is 0.250. The highest BCUT2D eigenvalue weighted by molar-refractivity contribution is 7.89. The Morgan fingerprint density at radius 1 is 1.05 bits per heavy atom.